The number of hydrogen-bond acceptors (Lipinski definition) is 3. The molecule has 0 aliphatic carbocycles. The number of benzene rings is 1. The number of nitrogens with one attached hydrogen (secondary N) is 2. The summed E-state index contributed by atoms with van der Waals surface area (Å²) in [5.74, 6) is 0.0244. The molecule has 1 aromatic rings. The number of rotatable bonds is 6. The molecule has 0 aromatic heterocycles. The molecule has 0 saturated heterocycles. The van der Waals surface area contributed by atoms with Crippen molar-refractivity contribution in [3.8, 4) is 0 Å². The molecule has 0 aliphatic rings. The van der Waals surface area contributed by atoms with Gasteiger partial charge in [0.2, 0.25) is 5.91 Å². The van der Waals surface area contributed by atoms with Gasteiger partial charge in [0.05, 0.1) is 6.54 Å². The zero-order chi connectivity index (χ0) is 13.6. The average Bonchev–Trinajstić information content (AvgIpc) is 2.36. The monoisotopic (exact) mass is 266 g/mol. The minimum absolute atomic E-state index is 0.0244. The topological polar surface area (TPSA) is 41.1 Å². The third-order valence-corrected chi connectivity index (χ3v) is 3.61. The number of amides is 1. The summed E-state index contributed by atoms with van der Waals surface area (Å²) in [6.07, 6.45) is 2.95. The van der Waals surface area contributed by atoms with Crippen LogP contribution in [0.4, 0.5) is 5.69 Å². The van der Waals surface area contributed by atoms with Crippen LogP contribution in [0.15, 0.2) is 29.2 Å². The lowest BCUT2D eigenvalue weighted by Crippen LogP contribution is -2.45. The molecule has 100 valence electrons. The Morgan fingerprint density at radius 2 is 2.11 bits per heavy atom. The molecule has 0 aliphatic heterocycles. The van der Waals surface area contributed by atoms with E-state index < -0.39 is 0 Å². The van der Waals surface area contributed by atoms with Gasteiger partial charge in [0.15, 0.2) is 0 Å². The maximum atomic E-state index is 11.8. The van der Waals surface area contributed by atoms with Gasteiger partial charge in [0.25, 0.3) is 0 Å². The molecule has 18 heavy (non-hydrogen) atoms. The van der Waals surface area contributed by atoms with Gasteiger partial charge in [-0.25, -0.2) is 0 Å². The van der Waals surface area contributed by atoms with Crippen molar-refractivity contribution in [3.63, 3.8) is 0 Å². The molecule has 4 heteroatoms. The summed E-state index contributed by atoms with van der Waals surface area (Å²) in [6, 6.07) is 8.05. The summed E-state index contributed by atoms with van der Waals surface area (Å²) in [5.41, 5.74) is 0.839. The highest BCUT2D eigenvalue weighted by molar-refractivity contribution is 7.98. The predicted octanol–water partition coefficient (Wildman–Crippen LogP) is 3.13. The first kappa shape index (κ1) is 14.9. The molecule has 0 unspecified atom stereocenters. The quantitative estimate of drug-likeness (QED) is 0.777. The number of hydrogen-bond donors (Lipinski definition) is 2. The van der Waals surface area contributed by atoms with Gasteiger partial charge in [-0.1, -0.05) is 13.0 Å². The number of carbonyl (C=O) groups is 1. The van der Waals surface area contributed by atoms with Crippen LogP contribution >= 0.6 is 11.8 Å². The molecule has 2 N–H and O–H groups in total. The van der Waals surface area contributed by atoms with E-state index in [1.54, 1.807) is 11.8 Å². The maximum Gasteiger partial charge on any atom is 0.239 e. The number of anilines is 1. The van der Waals surface area contributed by atoms with Crippen molar-refractivity contribution < 1.29 is 4.79 Å². The molecule has 1 aromatic carbocycles. The minimum Gasteiger partial charge on any atom is -0.376 e. The fourth-order valence-electron chi connectivity index (χ4n) is 1.43. The molecular formula is C14H22N2OS. The van der Waals surface area contributed by atoms with Gasteiger partial charge in [-0.2, -0.15) is 0 Å². The van der Waals surface area contributed by atoms with Crippen molar-refractivity contribution in [3.05, 3.63) is 24.3 Å². The normalized spacial score (nSPS) is 11.1. The first-order valence-corrected chi connectivity index (χ1v) is 7.38. The Kier molecular flexibility index (Phi) is 5.54. The second-order valence-corrected chi connectivity index (χ2v) is 5.75. The molecule has 0 saturated carbocycles. The van der Waals surface area contributed by atoms with Crippen molar-refractivity contribution in [2.45, 2.75) is 37.6 Å². The molecule has 0 radical (unpaired) electrons. The molecule has 0 spiro atoms. The van der Waals surface area contributed by atoms with Crippen LogP contribution in [0.3, 0.4) is 0 Å². The molecule has 0 heterocycles. The van der Waals surface area contributed by atoms with Crippen molar-refractivity contribution in [2.24, 2.45) is 0 Å². The summed E-state index contributed by atoms with van der Waals surface area (Å²) in [6.45, 7) is 6.43. The van der Waals surface area contributed by atoms with Gasteiger partial charge in [-0.05, 0) is 44.7 Å². The SMILES string of the molecule is CCC(C)(C)NC(=O)CNc1cccc(SC)c1. The molecule has 0 atom stereocenters. The third kappa shape index (κ3) is 5.00. The summed E-state index contributed by atoms with van der Waals surface area (Å²) >= 11 is 1.69. The summed E-state index contributed by atoms with van der Waals surface area (Å²) < 4.78 is 0. The van der Waals surface area contributed by atoms with Gasteiger partial charge in [0.1, 0.15) is 0 Å². The van der Waals surface area contributed by atoms with Crippen molar-refractivity contribution in [1.82, 2.24) is 5.32 Å². The Hall–Kier alpha value is -1.16. The first-order valence-electron chi connectivity index (χ1n) is 6.16. The Labute approximate surface area is 114 Å². The highest BCUT2D eigenvalue weighted by Gasteiger charge is 2.17. The van der Waals surface area contributed by atoms with Crippen molar-refractivity contribution in [1.29, 1.82) is 0 Å². The van der Waals surface area contributed by atoms with E-state index in [9.17, 15) is 4.79 Å². The van der Waals surface area contributed by atoms with E-state index >= 15 is 0 Å². The highest BCUT2D eigenvalue weighted by atomic mass is 32.2. The first-order chi connectivity index (χ1) is 8.46. The van der Waals surface area contributed by atoms with E-state index in [0.717, 1.165) is 12.1 Å². The molecule has 0 fully saturated rings. The van der Waals surface area contributed by atoms with Crippen LogP contribution in [0.25, 0.3) is 0 Å². The lowest BCUT2D eigenvalue weighted by molar-refractivity contribution is -0.121. The summed E-state index contributed by atoms with van der Waals surface area (Å²) in [4.78, 5) is 13.0. The van der Waals surface area contributed by atoms with Crippen LogP contribution in [0.1, 0.15) is 27.2 Å². The van der Waals surface area contributed by atoms with Crippen molar-refractivity contribution in [2.75, 3.05) is 18.1 Å². The summed E-state index contributed by atoms with van der Waals surface area (Å²) in [5, 5.41) is 6.14. The largest absolute Gasteiger partial charge is 0.376 e. The standard InChI is InChI=1S/C14H22N2OS/c1-5-14(2,3)16-13(17)10-15-11-7-6-8-12(9-11)18-4/h6-9,15H,5,10H2,1-4H3,(H,16,17). The highest BCUT2D eigenvalue weighted by Crippen LogP contribution is 2.18. The van der Waals surface area contributed by atoms with Crippen LogP contribution < -0.4 is 10.6 Å². The number of thioether (sulfide) groups is 1. The lowest BCUT2D eigenvalue weighted by Gasteiger charge is -2.24. The minimum atomic E-state index is -0.139. The van der Waals surface area contributed by atoms with E-state index in [2.05, 4.69) is 23.6 Å². The predicted molar refractivity (Wildman–Crippen MR) is 79.2 cm³/mol. The Morgan fingerprint density at radius 3 is 2.72 bits per heavy atom. The van der Waals surface area contributed by atoms with E-state index in [1.165, 1.54) is 4.90 Å². The molecule has 1 rings (SSSR count). The average molecular weight is 266 g/mol. The van der Waals surface area contributed by atoms with Gasteiger partial charge in [-0.15, -0.1) is 11.8 Å². The Bertz CT molecular complexity index is 405. The van der Waals surface area contributed by atoms with E-state index in [0.29, 0.717) is 6.54 Å². The molecule has 1 amide bonds. The smallest absolute Gasteiger partial charge is 0.239 e. The lowest BCUT2D eigenvalue weighted by atomic mass is 10.0. The van der Waals surface area contributed by atoms with Crippen LogP contribution in [0.2, 0.25) is 0 Å². The Balaban J connectivity index is 2.47. The maximum absolute atomic E-state index is 11.8. The van der Waals surface area contributed by atoms with Crippen molar-refractivity contribution >= 4 is 23.4 Å². The second kappa shape index (κ2) is 6.69. The van der Waals surface area contributed by atoms with E-state index in [1.807, 2.05) is 38.3 Å². The second-order valence-electron chi connectivity index (χ2n) is 4.87. The molecule has 0 bridgehead atoms. The van der Waals surface area contributed by atoms with Gasteiger partial charge < -0.3 is 10.6 Å². The zero-order valence-electron chi connectivity index (χ0n) is 11.5. The Morgan fingerprint density at radius 1 is 1.39 bits per heavy atom. The van der Waals surface area contributed by atoms with Crippen LogP contribution in [-0.4, -0.2) is 24.2 Å². The fourth-order valence-corrected chi connectivity index (χ4v) is 1.88. The molecule has 3 nitrogen and oxygen atoms in total. The van der Waals surface area contributed by atoms with Crippen LogP contribution in [0.5, 0.6) is 0 Å². The van der Waals surface area contributed by atoms with Crippen LogP contribution in [-0.2, 0) is 4.79 Å². The van der Waals surface area contributed by atoms with Crippen LogP contribution in [0, 0.1) is 0 Å². The van der Waals surface area contributed by atoms with Gasteiger partial charge in [0, 0.05) is 16.1 Å². The van der Waals surface area contributed by atoms with E-state index in [4.69, 9.17) is 0 Å². The summed E-state index contributed by atoms with van der Waals surface area (Å²) in [7, 11) is 0. The fraction of sp³-hybridized carbons (Fsp3) is 0.500. The molecular weight excluding hydrogens is 244 g/mol. The third-order valence-electron chi connectivity index (χ3n) is 2.88. The van der Waals surface area contributed by atoms with Gasteiger partial charge in [-0.3, -0.25) is 4.79 Å². The zero-order valence-corrected chi connectivity index (χ0v) is 12.4. The number of carbonyl (C=O) groups excluding carboxylic acids is 1. The van der Waals surface area contributed by atoms with Gasteiger partial charge >= 0.3 is 0 Å². The van der Waals surface area contributed by atoms with E-state index in [-0.39, 0.29) is 11.4 Å².